The van der Waals surface area contributed by atoms with Crippen LogP contribution in [0.3, 0.4) is 0 Å². The Balaban J connectivity index is 2.33. The first kappa shape index (κ1) is 10.6. The summed E-state index contributed by atoms with van der Waals surface area (Å²) in [5.41, 5.74) is 2.04. The highest BCUT2D eigenvalue weighted by Gasteiger charge is 2.16. The summed E-state index contributed by atoms with van der Waals surface area (Å²) in [7, 11) is 0. The summed E-state index contributed by atoms with van der Waals surface area (Å²) in [4.78, 5) is 10.6. The Bertz CT molecular complexity index is 364. The van der Waals surface area contributed by atoms with Gasteiger partial charge in [-0.25, -0.2) is 9.97 Å². The lowest BCUT2D eigenvalue weighted by atomic mass is 10.2. The van der Waals surface area contributed by atoms with Gasteiger partial charge < -0.3 is 9.64 Å². The van der Waals surface area contributed by atoms with E-state index >= 15 is 0 Å². The monoisotopic (exact) mass is 227 g/mol. The molecule has 2 rings (SSSR count). The van der Waals surface area contributed by atoms with Crippen LogP contribution in [-0.4, -0.2) is 36.3 Å². The highest BCUT2D eigenvalue weighted by atomic mass is 35.5. The quantitative estimate of drug-likeness (QED) is 0.683. The third-order valence-corrected chi connectivity index (χ3v) is 2.82. The van der Waals surface area contributed by atoms with Crippen molar-refractivity contribution in [3.63, 3.8) is 0 Å². The van der Waals surface area contributed by atoms with Gasteiger partial charge in [-0.3, -0.25) is 0 Å². The van der Waals surface area contributed by atoms with Crippen LogP contribution in [0.2, 0.25) is 5.28 Å². The van der Waals surface area contributed by atoms with Gasteiger partial charge in [0.1, 0.15) is 5.82 Å². The van der Waals surface area contributed by atoms with E-state index in [4.69, 9.17) is 16.3 Å². The van der Waals surface area contributed by atoms with Crippen molar-refractivity contribution in [2.75, 3.05) is 31.2 Å². The molecule has 0 radical (unpaired) electrons. The second-order valence-electron chi connectivity index (χ2n) is 3.63. The Morgan fingerprint density at radius 3 is 2.53 bits per heavy atom. The molecule has 0 aliphatic carbocycles. The number of halogens is 1. The number of aromatic nitrogens is 2. The maximum absolute atomic E-state index is 5.86. The average molecular weight is 228 g/mol. The van der Waals surface area contributed by atoms with Gasteiger partial charge in [0.05, 0.1) is 13.2 Å². The van der Waals surface area contributed by atoms with Gasteiger partial charge in [-0.2, -0.15) is 0 Å². The van der Waals surface area contributed by atoms with Crippen molar-refractivity contribution < 1.29 is 4.74 Å². The number of rotatable bonds is 1. The summed E-state index contributed by atoms with van der Waals surface area (Å²) in [6, 6.07) is 0. The largest absolute Gasteiger partial charge is 0.378 e. The summed E-state index contributed by atoms with van der Waals surface area (Å²) in [5.74, 6) is 0.941. The zero-order valence-corrected chi connectivity index (χ0v) is 9.71. The molecule has 0 spiro atoms. The molecule has 1 saturated heterocycles. The maximum atomic E-state index is 5.86. The van der Waals surface area contributed by atoms with E-state index < -0.39 is 0 Å². The molecule has 1 aliphatic rings. The number of nitrogens with zero attached hydrogens (tertiary/aromatic N) is 3. The van der Waals surface area contributed by atoms with E-state index in [2.05, 4.69) is 14.9 Å². The van der Waals surface area contributed by atoms with Gasteiger partial charge in [-0.15, -0.1) is 0 Å². The molecule has 0 atom stereocenters. The molecule has 5 heteroatoms. The Kier molecular flexibility index (Phi) is 3.07. The first-order valence-corrected chi connectivity index (χ1v) is 5.39. The van der Waals surface area contributed by atoms with Gasteiger partial charge in [0.15, 0.2) is 0 Å². The van der Waals surface area contributed by atoms with Crippen LogP contribution in [0, 0.1) is 13.8 Å². The first-order chi connectivity index (χ1) is 7.18. The van der Waals surface area contributed by atoms with E-state index in [1.807, 2.05) is 13.8 Å². The SMILES string of the molecule is Cc1nc(Cl)nc(N2CCOCC2)c1C. The van der Waals surface area contributed by atoms with Gasteiger partial charge in [-0.1, -0.05) is 0 Å². The molecule has 0 bridgehead atoms. The third-order valence-electron chi connectivity index (χ3n) is 2.65. The van der Waals surface area contributed by atoms with E-state index in [0.717, 1.165) is 43.4 Å². The average Bonchev–Trinajstić information content (AvgIpc) is 2.24. The minimum absolute atomic E-state index is 0.319. The van der Waals surface area contributed by atoms with Gasteiger partial charge in [0, 0.05) is 24.3 Å². The lowest BCUT2D eigenvalue weighted by Gasteiger charge is -2.29. The molecule has 1 aromatic heterocycles. The second-order valence-corrected chi connectivity index (χ2v) is 3.96. The molecule has 1 fully saturated rings. The normalized spacial score (nSPS) is 16.9. The van der Waals surface area contributed by atoms with Gasteiger partial charge in [0.25, 0.3) is 0 Å². The van der Waals surface area contributed by atoms with Crippen LogP contribution in [0.15, 0.2) is 0 Å². The first-order valence-electron chi connectivity index (χ1n) is 5.02. The van der Waals surface area contributed by atoms with Crippen LogP contribution < -0.4 is 4.90 Å². The molecule has 4 nitrogen and oxygen atoms in total. The van der Waals surface area contributed by atoms with E-state index in [-0.39, 0.29) is 0 Å². The fourth-order valence-electron chi connectivity index (χ4n) is 1.66. The lowest BCUT2D eigenvalue weighted by Crippen LogP contribution is -2.37. The number of hydrogen-bond acceptors (Lipinski definition) is 4. The van der Waals surface area contributed by atoms with Crippen molar-refractivity contribution in [3.8, 4) is 0 Å². The van der Waals surface area contributed by atoms with Gasteiger partial charge in [-0.05, 0) is 25.4 Å². The molecular formula is C10H14ClN3O. The molecule has 1 aromatic rings. The number of hydrogen-bond donors (Lipinski definition) is 0. The smallest absolute Gasteiger partial charge is 0.224 e. The van der Waals surface area contributed by atoms with Crippen molar-refractivity contribution in [2.24, 2.45) is 0 Å². The van der Waals surface area contributed by atoms with Crippen LogP contribution >= 0.6 is 11.6 Å². The standard InChI is InChI=1S/C10H14ClN3O/c1-7-8(2)12-10(11)13-9(7)14-3-5-15-6-4-14/h3-6H2,1-2H3. The molecule has 0 saturated carbocycles. The molecule has 82 valence electrons. The summed E-state index contributed by atoms with van der Waals surface area (Å²) in [6.45, 7) is 7.21. The Morgan fingerprint density at radius 1 is 1.20 bits per heavy atom. The maximum Gasteiger partial charge on any atom is 0.224 e. The topological polar surface area (TPSA) is 38.2 Å². The molecule has 2 heterocycles. The van der Waals surface area contributed by atoms with Crippen LogP contribution in [0.5, 0.6) is 0 Å². The van der Waals surface area contributed by atoms with Crippen molar-refractivity contribution in [3.05, 3.63) is 16.5 Å². The minimum atomic E-state index is 0.319. The molecule has 0 amide bonds. The molecule has 15 heavy (non-hydrogen) atoms. The number of ether oxygens (including phenoxy) is 1. The highest BCUT2D eigenvalue weighted by Crippen LogP contribution is 2.21. The summed E-state index contributed by atoms with van der Waals surface area (Å²) >= 11 is 5.86. The fraction of sp³-hybridized carbons (Fsp3) is 0.600. The van der Waals surface area contributed by atoms with Crippen molar-refractivity contribution in [1.82, 2.24) is 9.97 Å². The van der Waals surface area contributed by atoms with Crippen LogP contribution in [0.4, 0.5) is 5.82 Å². The second kappa shape index (κ2) is 4.33. The van der Waals surface area contributed by atoms with Gasteiger partial charge in [0.2, 0.25) is 5.28 Å². The molecule has 0 N–H and O–H groups in total. The van der Waals surface area contributed by atoms with Gasteiger partial charge >= 0.3 is 0 Å². The number of morpholine rings is 1. The Morgan fingerprint density at radius 2 is 1.87 bits per heavy atom. The zero-order chi connectivity index (χ0) is 10.8. The van der Waals surface area contributed by atoms with Crippen LogP contribution in [-0.2, 0) is 4.74 Å². The highest BCUT2D eigenvalue weighted by molar-refractivity contribution is 6.28. The Labute approximate surface area is 94.2 Å². The van der Waals surface area contributed by atoms with Crippen molar-refractivity contribution >= 4 is 17.4 Å². The van der Waals surface area contributed by atoms with Crippen molar-refractivity contribution in [1.29, 1.82) is 0 Å². The van der Waals surface area contributed by atoms with Crippen molar-refractivity contribution in [2.45, 2.75) is 13.8 Å². The summed E-state index contributed by atoms with van der Waals surface area (Å²) in [6.07, 6.45) is 0. The van der Waals surface area contributed by atoms with E-state index in [9.17, 15) is 0 Å². The molecule has 0 unspecified atom stereocenters. The fourth-order valence-corrected chi connectivity index (χ4v) is 1.87. The molecule has 0 aromatic carbocycles. The Hall–Kier alpha value is -0.870. The summed E-state index contributed by atoms with van der Waals surface area (Å²) in [5, 5.41) is 0.319. The minimum Gasteiger partial charge on any atom is -0.378 e. The number of aryl methyl sites for hydroxylation is 1. The third kappa shape index (κ3) is 2.21. The summed E-state index contributed by atoms with van der Waals surface area (Å²) < 4.78 is 5.30. The van der Waals surface area contributed by atoms with E-state index in [0.29, 0.717) is 5.28 Å². The molecule has 1 aliphatic heterocycles. The zero-order valence-electron chi connectivity index (χ0n) is 8.96. The predicted octanol–water partition coefficient (Wildman–Crippen LogP) is 1.58. The van der Waals surface area contributed by atoms with E-state index in [1.54, 1.807) is 0 Å². The number of anilines is 1. The van der Waals surface area contributed by atoms with E-state index in [1.165, 1.54) is 0 Å². The molecular weight excluding hydrogens is 214 g/mol. The lowest BCUT2D eigenvalue weighted by molar-refractivity contribution is 0.122. The predicted molar refractivity (Wildman–Crippen MR) is 59.5 cm³/mol. The van der Waals surface area contributed by atoms with Crippen LogP contribution in [0.25, 0.3) is 0 Å². The van der Waals surface area contributed by atoms with Crippen LogP contribution in [0.1, 0.15) is 11.3 Å².